The molecule has 3 rings (SSSR count). The Morgan fingerprint density at radius 1 is 1.15 bits per heavy atom. The maximum Gasteiger partial charge on any atom is 0.230 e. The van der Waals surface area contributed by atoms with Crippen LogP contribution in [0.2, 0.25) is 0 Å². The number of thioether (sulfide) groups is 1. The van der Waals surface area contributed by atoms with Gasteiger partial charge in [0, 0.05) is 31.0 Å². The van der Waals surface area contributed by atoms with Gasteiger partial charge in [0.15, 0.2) is 11.0 Å². The van der Waals surface area contributed by atoms with Crippen LogP contribution in [-0.2, 0) is 17.8 Å². The first-order valence-corrected chi connectivity index (χ1v) is 9.64. The third-order valence-electron chi connectivity index (χ3n) is 3.88. The van der Waals surface area contributed by atoms with Gasteiger partial charge in [0.1, 0.15) is 0 Å². The number of hydrogen-bond acceptors (Lipinski definition) is 5. The van der Waals surface area contributed by atoms with E-state index in [-0.39, 0.29) is 5.91 Å². The smallest absolute Gasteiger partial charge is 0.230 e. The van der Waals surface area contributed by atoms with Crippen molar-refractivity contribution in [2.75, 3.05) is 12.3 Å². The molecular formula is C20H21N5OS. The quantitative estimate of drug-likeness (QED) is 0.457. The normalized spacial score (nSPS) is 10.5. The summed E-state index contributed by atoms with van der Waals surface area (Å²) in [5.41, 5.74) is 2.14. The fourth-order valence-electron chi connectivity index (χ4n) is 2.58. The minimum Gasteiger partial charge on any atom is -0.355 e. The number of amides is 1. The van der Waals surface area contributed by atoms with Crippen LogP contribution in [-0.4, -0.2) is 38.0 Å². The average molecular weight is 379 g/mol. The highest BCUT2D eigenvalue weighted by Gasteiger charge is 2.14. The highest BCUT2D eigenvalue weighted by atomic mass is 32.2. The van der Waals surface area contributed by atoms with Gasteiger partial charge in [-0.1, -0.05) is 48.2 Å². The molecule has 2 aromatic heterocycles. The summed E-state index contributed by atoms with van der Waals surface area (Å²) in [7, 11) is 0. The zero-order valence-electron chi connectivity index (χ0n) is 14.9. The van der Waals surface area contributed by atoms with E-state index in [0.717, 1.165) is 17.8 Å². The molecule has 0 aliphatic carbocycles. The van der Waals surface area contributed by atoms with Gasteiger partial charge in [-0.2, -0.15) is 0 Å². The number of allylic oxidation sites excluding steroid dienone is 1. The van der Waals surface area contributed by atoms with Gasteiger partial charge in [-0.15, -0.1) is 16.8 Å². The molecule has 0 spiro atoms. The zero-order chi connectivity index (χ0) is 18.9. The number of aromatic nitrogens is 4. The molecule has 0 radical (unpaired) electrons. The first-order chi connectivity index (χ1) is 13.3. The van der Waals surface area contributed by atoms with Crippen molar-refractivity contribution in [2.24, 2.45) is 0 Å². The van der Waals surface area contributed by atoms with Crippen molar-refractivity contribution < 1.29 is 4.79 Å². The third kappa shape index (κ3) is 5.27. The van der Waals surface area contributed by atoms with Gasteiger partial charge in [0.05, 0.1) is 5.75 Å². The van der Waals surface area contributed by atoms with Crippen LogP contribution in [0.4, 0.5) is 0 Å². The predicted octanol–water partition coefficient (Wildman–Crippen LogP) is 2.98. The topological polar surface area (TPSA) is 72.7 Å². The van der Waals surface area contributed by atoms with Crippen LogP contribution in [0.25, 0.3) is 11.4 Å². The van der Waals surface area contributed by atoms with E-state index < -0.39 is 0 Å². The van der Waals surface area contributed by atoms with Crippen LogP contribution in [0.15, 0.2) is 72.7 Å². The molecule has 138 valence electrons. The molecule has 0 saturated heterocycles. The molecule has 1 amide bonds. The summed E-state index contributed by atoms with van der Waals surface area (Å²) in [6.07, 6.45) is 6.04. The zero-order valence-corrected chi connectivity index (χ0v) is 15.7. The summed E-state index contributed by atoms with van der Waals surface area (Å²) in [4.78, 5) is 16.2. The van der Waals surface area contributed by atoms with Crippen molar-refractivity contribution in [2.45, 2.75) is 18.1 Å². The molecular weight excluding hydrogens is 358 g/mol. The first kappa shape index (κ1) is 18.8. The second-order valence-electron chi connectivity index (χ2n) is 5.82. The van der Waals surface area contributed by atoms with Gasteiger partial charge in [0.2, 0.25) is 5.91 Å². The molecule has 0 atom stereocenters. The third-order valence-corrected chi connectivity index (χ3v) is 4.84. The Morgan fingerprint density at radius 2 is 1.93 bits per heavy atom. The van der Waals surface area contributed by atoms with Crippen molar-refractivity contribution in [1.29, 1.82) is 0 Å². The van der Waals surface area contributed by atoms with E-state index in [4.69, 9.17) is 0 Å². The van der Waals surface area contributed by atoms with Gasteiger partial charge in [0.25, 0.3) is 0 Å². The van der Waals surface area contributed by atoms with Crippen LogP contribution in [0.1, 0.15) is 5.56 Å². The summed E-state index contributed by atoms with van der Waals surface area (Å²) in [5.74, 6) is 1.01. The molecule has 7 heteroatoms. The van der Waals surface area contributed by atoms with Crippen molar-refractivity contribution in [1.82, 2.24) is 25.1 Å². The Morgan fingerprint density at radius 3 is 2.67 bits per heavy atom. The number of hydrogen-bond donors (Lipinski definition) is 1. The Kier molecular flexibility index (Phi) is 6.76. The predicted molar refractivity (Wildman–Crippen MR) is 107 cm³/mol. The van der Waals surface area contributed by atoms with E-state index in [2.05, 4.69) is 39.2 Å². The van der Waals surface area contributed by atoms with Crippen molar-refractivity contribution >= 4 is 17.7 Å². The Balaban J connectivity index is 1.56. The first-order valence-electron chi connectivity index (χ1n) is 8.66. The number of carbonyl (C=O) groups is 1. The molecule has 0 unspecified atom stereocenters. The molecule has 2 heterocycles. The maximum absolute atomic E-state index is 12.1. The fraction of sp³-hybridized carbons (Fsp3) is 0.200. The van der Waals surface area contributed by atoms with E-state index in [1.54, 1.807) is 18.5 Å². The van der Waals surface area contributed by atoms with Gasteiger partial charge in [-0.3, -0.25) is 14.3 Å². The van der Waals surface area contributed by atoms with Crippen molar-refractivity contribution in [3.8, 4) is 11.4 Å². The van der Waals surface area contributed by atoms with Gasteiger partial charge < -0.3 is 5.32 Å². The van der Waals surface area contributed by atoms with Gasteiger partial charge in [-0.05, 0) is 24.1 Å². The lowest BCUT2D eigenvalue weighted by Crippen LogP contribution is -2.27. The molecule has 0 saturated carbocycles. The lowest BCUT2D eigenvalue weighted by molar-refractivity contribution is -0.118. The standard InChI is InChI=1S/C20H21N5OS/c1-2-14-25-19(17-9-11-21-12-10-17)23-24-20(25)27-15-18(26)22-13-8-16-6-4-3-5-7-16/h2-7,9-12H,1,8,13-15H2,(H,22,26). The number of carbonyl (C=O) groups excluding carboxylic acids is 1. The molecule has 27 heavy (non-hydrogen) atoms. The molecule has 0 fully saturated rings. The molecule has 6 nitrogen and oxygen atoms in total. The highest BCUT2D eigenvalue weighted by molar-refractivity contribution is 7.99. The SMILES string of the molecule is C=CCn1c(SCC(=O)NCCc2ccccc2)nnc1-c1ccncc1. The average Bonchev–Trinajstić information content (AvgIpc) is 3.11. The van der Waals surface area contributed by atoms with Crippen molar-refractivity contribution in [3.05, 3.63) is 73.1 Å². The van der Waals surface area contributed by atoms with E-state index >= 15 is 0 Å². The largest absolute Gasteiger partial charge is 0.355 e. The molecule has 0 bridgehead atoms. The monoisotopic (exact) mass is 379 g/mol. The second kappa shape index (κ2) is 9.68. The summed E-state index contributed by atoms with van der Waals surface area (Å²) >= 11 is 1.37. The fourth-order valence-corrected chi connectivity index (χ4v) is 3.35. The van der Waals surface area contributed by atoms with Crippen LogP contribution in [0.5, 0.6) is 0 Å². The van der Waals surface area contributed by atoms with Gasteiger partial charge >= 0.3 is 0 Å². The number of rotatable bonds is 9. The summed E-state index contributed by atoms with van der Waals surface area (Å²) in [5, 5.41) is 12.1. The lowest BCUT2D eigenvalue weighted by atomic mass is 10.1. The molecule has 1 aromatic carbocycles. The molecule has 3 aromatic rings. The van der Waals surface area contributed by atoms with Gasteiger partial charge in [-0.25, -0.2) is 0 Å². The minimum atomic E-state index is -0.0189. The molecule has 0 aliphatic rings. The number of nitrogens with one attached hydrogen (secondary N) is 1. The molecule has 1 N–H and O–H groups in total. The van der Waals surface area contributed by atoms with Crippen molar-refractivity contribution in [3.63, 3.8) is 0 Å². The van der Waals surface area contributed by atoms with E-state index in [1.807, 2.05) is 34.9 Å². The van der Waals surface area contributed by atoms with Crippen LogP contribution >= 0.6 is 11.8 Å². The summed E-state index contributed by atoms with van der Waals surface area (Å²) in [6, 6.07) is 13.9. The molecule has 0 aliphatic heterocycles. The Labute approximate surface area is 162 Å². The highest BCUT2D eigenvalue weighted by Crippen LogP contribution is 2.23. The van der Waals surface area contributed by atoms with E-state index in [1.165, 1.54) is 17.3 Å². The van der Waals surface area contributed by atoms with Crippen LogP contribution < -0.4 is 5.32 Å². The summed E-state index contributed by atoms with van der Waals surface area (Å²) in [6.45, 7) is 4.99. The Hall–Kier alpha value is -2.93. The summed E-state index contributed by atoms with van der Waals surface area (Å²) < 4.78 is 1.95. The maximum atomic E-state index is 12.1. The van der Waals surface area contributed by atoms with E-state index in [0.29, 0.717) is 24.0 Å². The number of nitrogens with zero attached hydrogens (tertiary/aromatic N) is 4. The minimum absolute atomic E-state index is 0.0189. The second-order valence-corrected chi connectivity index (χ2v) is 6.76. The van der Waals surface area contributed by atoms with Crippen LogP contribution in [0.3, 0.4) is 0 Å². The van der Waals surface area contributed by atoms with Crippen LogP contribution in [0, 0.1) is 0 Å². The van der Waals surface area contributed by atoms with E-state index in [9.17, 15) is 4.79 Å². The lowest BCUT2D eigenvalue weighted by Gasteiger charge is -2.08. The Bertz CT molecular complexity index is 880. The number of pyridine rings is 1. The number of benzene rings is 1.